The number of ether oxygens (including phenoxy) is 1. The lowest BCUT2D eigenvalue weighted by Gasteiger charge is -2.26. The highest BCUT2D eigenvalue weighted by molar-refractivity contribution is 5.40. The highest BCUT2D eigenvalue weighted by Gasteiger charge is 2.20. The largest absolute Gasteiger partial charge is 0.493 e. The van der Waals surface area contributed by atoms with Crippen molar-refractivity contribution in [2.45, 2.75) is 39.3 Å². The van der Waals surface area contributed by atoms with E-state index in [0.29, 0.717) is 5.92 Å². The molecule has 0 saturated heterocycles. The van der Waals surface area contributed by atoms with E-state index in [1.54, 1.807) is 0 Å². The molecule has 0 spiro atoms. The van der Waals surface area contributed by atoms with Crippen molar-refractivity contribution in [3.8, 4) is 5.75 Å². The first-order chi connectivity index (χ1) is 8.61. The minimum absolute atomic E-state index is 0.113. The van der Waals surface area contributed by atoms with E-state index in [1.807, 2.05) is 6.92 Å². The van der Waals surface area contributed by atoms with Gasteiger partial charge in [-0.25, -0.2) is 0 Å². The summed E-state index contributed by atoms with van der Waals surface area (Å²) in [5, 5.41) is 12.7. The minimum atomic E-state index is 0.113. The van der Waals surface area contributed by atoms with Gasteiger partial charge in [-0.15, -0.1) is 0 Å². The normalized spacial score (nSPS) is 17.4. The Hall–Kier alpha value is -1.06. The van der Waals surface area contributed by atoms with Crippen LogP contribution in [0.15, 0.2) is 18.2 Å². The van der Waals surface area contributed by atoms with Crippen LogP contribution in [0.2, 0.25) is 0 Å². The molecule has 3 nitrogen and oxygen atoms in total. The zero-order valence-corrected chi connectivity index (χ0v) is 11.4. The predicted molar refractivity (Wildman–Crippen MR) is 72.9 cm³/mol. The van der Waals surface area contributed by atoms with Gasteiger partial charge in [0.2, 0.25) is 0 Å². The highest BCUT2D eigenvalue weighted by atomic mass is 16.5. The maximum absolute atomic E-state index is 9.18. The second-order valence-corrected chi connectivity index (χ2v) is 5.44. The average molecular weight is 249 g/mol. The summed E-state index contributed by atoms with van der Waals surface area (Å²) in [5.74, 6) is 1.51. The number of rotatable bonds is 5. The Labute approximate surface area is 109 Å². The Morgan fingerprint density at radius 3 is 2.78 bits per heavy atom. The number of nitrogens with one attached hydrogen (secondary N) is 1. The van der Waals surface area contributed by atoms with Gasteiger partial charge in [-0.3, -0.25) is 0 Å². The summed E-state index contributed by atoms with van der Waals surface area (Å²) < 4.78 is 5.54. The summed E-state index contributed by atoms with van der Waals surface area (Å²) in [5.41, 5.74) is 2.59. The molecule has 2 rings (SSSR count). The zero-order chi connectivity index (χ0) is 13.1. The van der Waals surface area contributed by atoms with Crippen LogP contribution in [-0.4, -0.2) is 24.4 Å². The Bertz CT molecular complexity index is 403. The molecular weight excluding hydrogens is 226 g/mol. The number of hydrogen-bond donors (Lipinski definition) is 2. The molecule has 0 saturated carbocycles. The van der Waals surface area contributed by atoms with Crippen molar-refractivity contribution in [2.24, 2.45) is 5.92 Å². The molecule has 0 aromatic heterocycles. The first-order valence-electron chi connectivity index (χ1n) is 6.74. The van der Waals surface area contributed by atoms with Gasteiger partial charge in [-0.05, 0) is 30.0 Å². The molecule has 2 atom stereocenters. The van der Waals surface area contributed by atoms with Gasteiger partial charge >= 0.3 is 0 Å². The lowest BCUT2D eigenvalue weighted by molar-refractivity contribution is 0.229. The summed E-state index contributed by atoms with van der Waals surface area (Å²) in [7, 11) is 0. The Kier molecular flexibility index (Phi) is 4.25. The van der Waals surface area contributed by atoms with Crippen molar-refractivity contribution in [1.82, 2.24) is 5.32 Å². The topological polar surface area (TPSA) is 41.5 Å². The molecule has 100 valence electrons. The number of hydrogen-bond acceptors (Lipinski definition) is 3. The van der Waals surface area contributed by atoms with E-state index in [1.165, 1.54) is 11.1 Å². The summed E-state index contributed by atoms with van der Waals surface area (Å²) >= 11 is 0. The lowest BCUT2D eigenvalue weighted by Crippen LogP contribution is -2.35. The van der Waals surface area contributed by atoms with Gasteiger partial charge in [0.25, 0.3) is 0 Å². The third kappa shape index (κ3) is 2.85. The molecule has 1 aliphatic heterocycles. The van der Waals surface area contributed by atoms with Crippen LogP contribution in [0.1, 0.15) is 37.9 Å². The van der Waals surface area contributed by atoms with E-state index < -0.39 is 0 Å². The third-order valence-electron chi connectivity index (χ3n) is 3.48. The van der Waals surface area contributed by atoms with Crippen LogP contribution in [0.4, 0.5) is 0 Å². The maximum Gasteiger partial charge on any atom is 0.122 e. The molecular formula is C15H23NO2. The van der Waals surface area contributed by atoms with Crippen LogP contribution in [-0.2, 0) is 6.42 Å². The van der Waals surface area contributed by atoms with E-state index in [-0.39, 0.29) is 18.7 Å². The van der Waals surface area contributed by atoms with Gasteiger partial charge in [-0.1, -0.05) is 26.0 Å². The SMILES string of the molecule is CC(C)C(N[C@H](C)CO)c1ccc2c(c1)CCO2. The molecule has 18 heavy (non-hydrogen) atoms. The second-order valence-electron chi connectivity index (χ2n) is 5.44. The summed E-state index contributed by atoms with van der Waals surface area (Å²) in [6, 6.07) is 6.83. The van der Waals surface area contributed by atoms with Crippen molar-refractivity contribution in [3.63, 3.8) is 0 Å². The Morgan fingerprint density at radius 1 is 1.33 bits per heavy atom. The first kappa shape index (κ1) is 13.4. The summed E-state index contributed by atoms with van der Waals surface area (Å²) in [6.07, 6.45) is 1.00. The standard InChI is InChI=1S/C15H23NO2/c1-10(2)15(16-11(3)9-17)13-4-5-14-12(8-13)6-7-18-14/h4-5,8,10-11,15-17H,6-7,9H2,1-3H3/t11-,15?/m1/s1. The minimum Gasteiger partial charge on any atom is -0.493 e. The number of aliphatic hydroxyl groups is 1. The molecule has 0 aliphatic carbocycles. The molecule has 1 aliphatic rings. The maximum atomic E-state index is 9.18. The monoisotopic (exact) mass is 249 g/mol. The lowest BCUT2D eigenvalue weighted by atomic mass is 9.93. The van der Waals surface area contributed by atoms with Crippen molar-refractivity contribution in [2.75, 3.05) is 13.2 Å². The molecule has 1 aromatic carbocycles. The Balaban J connectivity index is 2.20. The zero-order valence-electron chi connectivity index (χ0n) is 11.4. The number of aliphatic hydroxyl groups excluding tert-OH is 1. The molecule has 0 radical (unpaired) electrons. The van der Waals surface area contributed by atoms with E-state index in [0.717, 1.165) is 18.8 Å². The summed E-state index contributed by atoms with van der Waals surface area (Å²) in [6.45, 7) is 7.37. The molecule has 1 aromatic rings. The van der Waals surface area contributed by atoms with Gasteiger partial charge in [0, 0.05) is 18.5 Å². The average Bonchev–Trinajstić information content (AvgIpc) is 2.82. The quantitative estimate of drug-likeness (QED) is 0.841. The van der Waals surface area contributed by atoms with Crippen LogP contribution >= 0.6 is 0 Å². The Morgan fingerprint density at radius 2 is 2.11 bits per heavy atom. The smallest absolute Gasteiger partial charge is 0.122 e. The molecule has 2 N–H and O–H groups in total. The van der Waals surface area contributed by atoms with E-state index in [9.17, 15) is 5.11 Å². The third-order valence-corrected chi connectivity index (χ3v) is 3.48. The van der Waals surface area contributed by atoms with Crippen LogP contribution < -0.4 is 10.1 Å². The fraction of sp³-hybridized carbons (Fsp3) is 0.600. The highest BCUT2D eigenvalue weighted by Crippen LogP contribution is 2.30. The van der Waals surface area contributed by atoms with Crippen molar-refractivity contribution < 1.29 is 9.84 Å². The van der Waals surface area contributed by atoms with Crippen molar-refractivity contribution in [1.29, 1.82) is 0 Å². The van der Waals surface area contributed by atoms with E-state index in [4.69, 9.17) is 4.74 Å². The molecule has 0 fully saturated rings. The number of benzene rings is 1. The van der Waals surface area contributed by atoms with Crippen LogP contribution in [0.5, 0.6) is 5.75 Å². The fourth-order valence-corrected chi connectivity index (χ4v) is 2.43. The van der Waals surface area contributed by atoms with Crippen LogP contribution in [0.25, 0.3) is 0 Å². The number of fused-ring (bicyclic) bond motifs is 1. The van der Waals surface area contributed by atoms with Gasteiger partial charge in [0.1, 0.15) is 5.75 Å². The van der Waals surface area contributed by atoms with E-state index >= 15 is 0 Å². The fourth-order valence-electron chi connectivity index (χ4n) is 2.43. The van der Waals surface area contributed by atoms with E-state index in [2.05, 4.69) is 37.4 Å². The van der Waals surface area contributed by atoms with Gasteiger partial charge in [0.05, 0.1) is 13.2 Å². The van der Waals surface area contributed by atoms with Crippen LogP contribution in [0, 0.1) is 5.92 Å². The second kappa shape index (κ2) is 5.72. The van der Waals surface area contributed by atoms with Crippen molar-refractivity contribution >= 4 is 0 Å². The van der Waals surface area contributed by atoms with Crippen molar-refractivity contribution in [3.05, 3.63) is 29.3 Å². The van der Waals surface area contributed by atoms with Gasteiger partial charge < -0.3 is 15.2 Å². The predicted octanol–water partition coefficient (Wildman–Crippen LogP) is 2.29. The van der Waals surface area contributed by atoms with Gasteiger partial charge in [0.15, 0.2) is 0 Å². The first-order valence-corrected chi connectivity index (χ1v) is 6.74. The molecule has 3 heteroatoms. The molecule has 1 unspecified atom stereocenters. The molecule has 1 heterocycles. The van der Waals surface area contributed by atoms with Gasteiger partial charge in [-0.2, -0.15) is 0 Å². The molecule has 0 bridgehead atoms. The summed E-state index contributed by atoms with van der Waals surface area (Å²) in [4.78, 5) is 0. The molecule has 0 amide bonds. The van der Waals surface area contributed by atoms with Crippen LogP contribution in [0.3, 0.4) is 0 Å².